The molecule has 1 heterocycles. The van der Waals surface area contributed by atoms with Crippen LogP contribution in [-0.2, 0) is 4.74 Å². The van der Waals surface area contributed by atoms with Crippen LogP contribution in [0.3, 0.4) is 0 Å². The van der Waals surface area contributed by atoms with E-state index in [4.69, 9.17) is 4.74 Å². The maximum atomic E-state index is 12.8. The highest BCUT2D eigenvalue weighted by Crippen LogP contribution is 2.26. The van der Waals surface area contributed by atoms with Crippen LogP contribution in [0.15, 0.2) is 24.3 Å². The Balaban J connectivity index is 2.14. The van der Waals surface area contributed by atoms with Crippen molar-refractivity contribution in [1.82, 2.24) is 5.32 Å². The highest BCUT2D eigenvalue weighted by atomic mass is 19.1. The first kappa shape index (κ1) is 10.6. The van der Waals surface area contributed by atoms with E-state index in [1.807, 2.05) is 19.2 Å². The second-order valence-electron chi connectivity index (χ2n) is 3.87. The lowest BCUT2D eigenvalue weighted by atomic mass is 9.99. The number of rotatable bonds is 3. The summed E-state index contributed by atoms with van der Waals surface area (Å²) >= 11 is 0. The lowest BCUT2D eigenvalue weighted by Gasteiger charge is -2.22. The standard InChI is InChI=1S/C12H16FNO/c1-14-12(11-3-2-8-15-11)9-4-6-10(13)7-5-9/h4-7,11-12,14H,2-3,8H2,1H3. The molecular formula is C12H16FNO. The van der Waals surface area contributed by atoms with E-state index in [0.29, 0.717) is 0 Å². The molecule has 2 atom stereocenters. The summed E-state index contributed by atoms with van der Waals surface area (Å²) in [5, 5.41) is 3.23. The lowest BCUT2D eigenvalue weighted by Crippen LogP contribution is -2.28. The van der Waals surface area contributed by atoms with Gasteiger partial charge in [-0.25, -0.2) is 4.39 Å². The molecular weight excluding hydrogens is 193 g/mol. The van der Waals surface area contributed by atoms with E-state index in [0.717, 1.165) is 25.0 Å². The zero-order valence-electron chi connectivity index (χ0n) is 8.87. The molecule has 0 amide bonds. The molecule has 3 heteroatoms. The summed E-state index contributed by atoms with van der Waals surface area (Å²) < 4.78 is 18.4. The Morgan fingerprint density at radius 3 is 2.67 bits per heavy atom. The monoisotopic (exact) mass is 209 g/mol. The van der Waals surface area contributed by atoms with Gasteiger partial charge in [0.25, 0.3) is 0 Å². The molecule has 0 aromatic heterocycles. The van der Waals surface area contributed by atoms with E-state index in [2.05, 4.69) is 5.32 Å². The molecule has 2 unspecified atom stereocenters. The third-order valence-corrected chi connectivity index (χ3v) is 2.88. The summed E-state index contributed by atoms with van der Waals surface area (Å²) in [6, 6.07) is 6.80. The number of nitrogens with one attached hydrogen (secondary N) is 1. The van der Waals surface area contributed by atoms with Crippen LogP contribution in [0.5, 0.6) is 0 Å². The lowest BCUT2D eigenvalue weighted by molar-refractivity contribution is 0.0807. The van der Waals surface area contributed by atoms with Gasteiger partial charge in [0, 0.05) is 6.61 Å². The van der Waals surface area contributed by atoms with Gasteiger partial charge < -0.3 is 10.1 Å². The van der Waals surface area contributed by atoms with Gasteiger partial charge in [-0.2, -0.15) is 0 Å². The van der Waals surface area contributed by atoms with Gasteiger partial charge in [-0.1, -0.05) is 12.1 Å². The quantitative estimate of drug-likeness (QED) is 0.824. The van der Waals surface area contributed by atoms with Crippen LogP contribution in [0, 0.1) is 5.82 Å². The fourth-order valence-corrected chi connectivity index (χ4v) is 2.10. The summed E-state index contributed by atoms with van der Waals surface area (Å²) in [6.07, 6.45) is 2.41. The zero-order chi connectivity index (χ0) is 10.7. The normalized spacial score (nSPS) is 22.9. The molecule has 82 valence electrons. The average molecular weight is 209 g/mol. The summed E-state index contributed by atoms with van der Waals surface area (Å²) in [5.74, 6) is -0.194. The maximum absolute atomic E-state index is 12.8. The highest BCUT2D eigenvalue weighted by Gasteiger charge is 2.25. The molecule has 0 saturated carbocycles. The molecule has 1 saturated heterocycles. The van der Waals surface area contributed by atoms with Gasteiger partial charge in [-0.05, 0) is 37.6 Å². The van der Waals surface area contributed by atoms with Crippen molar-refractivity contribution in [3.05, 3.63) is 35.6 Å². The van der Waals surface area contributed by atoms with E-state index >= 15 is 0 Å². The van der Waals surface area contributed by atoms with Crippen molar-refractivity contribution in [3.8, 4) is 0 Å². The smallest absolute Gasteiger partial charge is 0.123 e. The molecule has 1 aromatic rings. The van der Waals surface area contributed by atoms with Gasteiger partial charge in [0.1, 0.15) is 5.82 Å². The van der Waals surface area contributed by atoms with Crippen LogP contribution in [0.1, 0.15) is 24.4 Å². The second kappa shape index (κ2) is 4.73. The fraction of sp³-hybridized carbons (Fsp3) is 0.500. The van der Waals surface area contributed by atoms with Crippen LogP contribution in [0.25, 0.3) is 0 Å². The van der Waals surface area contributed by atoms with E-state index in [9.17, 15) is 4.39 Å². The molecule has 0 aliphatic carbocycles. The summed E-state index contributed by atoms with van der Waals surface area (Å²) in [7, 11) is 1.91. The van der Waals surface area contributed by atoms with Crippen molar-refractivity contribution in [2.24, 2.45) is 0 Å². The van der Waals surface area contributed by atoms with Crippen LogP contribution in [-0.4, -0.2) is 19.8 Å². The van der Waals surface area contributed by atoms with Gasteiger partial charge in [0.15, 0.2) is 0 Å². The molecule has 1 aliphatic heterocycles. The predicted molar refractivity (Wildman–Crippen MR) is 57.2 cm³/mol. The first-order valence-electron chi connectivity index (χ1n) is 5.35. The van der Waals surface area contributed by atoms with E-state index in [1.54, 1.807) is 0 Å². The summed E-state index contributed by atoms with van der Waals surface area (Å²) in [4.78, 5) is 0. The van der Waals surface area contributed by atoms with E-state index in [-0.39, 0.29) is 18.0 Å². The third-order valence-electron chi connectivity index (χ3n) is 2.88. The second-order valence-corrected chi connectivity index (χ2v) is 3.87. The minimum Gasteiger partial charge on any atom is -0.376 e. The fourth-order valence-electron chi connectivity index (χ4n) is 2.10. The molecule has 0 spiro atoms. The average Bonchev–Trinajstić information content (AvgIpc) is 2.75. The minimum absolute atomic E-state index is 0.174. The van der Waals surface area contributed by atoms with Gasteiger partial charge in [0.05, 0.1) is 12.1 Å². The first-order chi connectivity index (χ1) is 7.31. The van der Waals surface area contributed by atoms with E-state index < -0.39 is 0 Å². The van der Waals surface area contributed by atoms with Crippen molar-refractivity contribution in [3.63, 3.8) is 0 Å². The van der Waals surface area contributed by atoms with Gasteiger partial charge >= 0.3 is 0 Å². The van der Waals surface area contributed by atoms with Crippen molar-refractivity contribution in [2.75, 3.05) is 13.7 Å². The number of likely N-dealkylation sites (N-methyl/N-ethyl adjacent to an activating group) is 1. The largest absolute Gasteiger partial charge is 0.376 e. The Morgan fingerprint density at radius 1 is 1.40 bits per heavy atom. The molecule has 1 N–H and O–H groups in total. The summed E-state index contributed by atoms with van der Waals surface area (Å²) in [5.41, 5.74) is 1.09. The molecule has 1 aliphatic rings. The Morgan fingerprint density at radius 2 is 2.13 bits per heavy atom. The number of ether oxygens (including phenoxy) is 1. The molecule has 1 aromatic carbocycles. The minimum atomic E-state index is -0.194. The maximum Gasteiger partial charge on any atom is 0.123 e. The molecule has 0 radical (unpaired) electrons. The van der Waals surface area contributed by atoms with Crippen molar-refractivity contribution in [2.45, 2.75) is 25.0 Å². The Bertz CT molecular complexity index is 306. The Labute approximate surface area is 89.4 Å². The van der Waals surface area contributed by atoms with Gasteiger partial charge in [-0.3, -0.25) is 0 Å². The molecule has 0 bridgehead atoms. The number of benzene rings is 1. The van der Waals surface area contributed by atoms with Gasteiger partial charge in [0.2, 0.25) is 0 Å². The Kier molecular flexibility index (Phi) is 3.34. The number of hydrogen-bond donors (Lipinski definition) is 1. The molecule has 2 rings (SSSR count). The number of hydrogen-bond acceptors (Lipinski definition) is 2. The van der Waals surface area contributed by atoms with Crippen molar-refractivity contribution >= 4 is 0 Å². The highest BCUT2D eigenvalue weighted by molar-refractivity contribution is 5.21. The SMILES string of the molecule is CNC(c1ccc(F)cc1)C1CCCO1. The van der Waals surface area contributed by atoms with Crippen LogP contribution in [0.4, 0.5) is 4.39 Å². The van der Waals surface area contributed by atoms with E-state index in [1.165, 1.54) is 12.1 Å². The summed E-state index contributed by atoms with van der Waals surface area (Å²) in [6.45, 7) is 0.837. The van der Waals surface area contributed by atoms with Gasteiger partial charge in [-0.15, -0.1) is 0 Å². The predicted octanol–water partition coefficient (Wildman–Crippen LogP) is 2.27. The first-order valence-corrected chi connectivity index (χ1v) is 5.35. The molecule has 1 fully saturated rings. The van der Waals surface area contributed by atoms with Crippen LogP contribution < -0.4 is 5.32 Å². The molecule has 15 heavy (non-hydrogen) atoms. The van der Waals surface area contributed by atoms with Crippen LogP contribution in [0.2, 0.25) is 0 Å². The topological polar surface area (TPSA) is 21.3 Å². The van der Waals surface area contributed by atoms with Crippen molar-refractivity contribution < 1.29 is 9.13 Å². The number of halogens is 1. The third kappa shape index (κ3) is 2.36. The van der Waals surface area contributed by atoms with Crippen molar-refractivity contribution in [1.29, 1.82) is 0 Å². The Hall–Kier alpha value is -0.930. The molecule has 2 nitrogen and oxygen atoms in total. The van der Waals surface area contributed by atoms with Crippen LogP contribution >= 0.6 is 0 Å². The zero-order valence-corrected chi connectivity index (χ0v) is 8.87.